The Balaban J connectivity index is 2.19. The van der Waals surface area contributed by atoms with E-state index in [2.05, 4.69) is 16.0 Å². The van der Waals surface area contributed by atoms with Crippen molar-refractivity contribution in [3.05, 3.63) is 42.0 Å². The van der Waals surface area contributed by atoms with Crippen molar-refractivity contribution in [2.45, 2.75) is 13.1 Å². The van der Waals surface area contributed by atoms with Crippen molar-refractivity contribution in [2.75, 3.05) is 30.2 Å². The van der Waals surface area contributed by atoms with Gasteiger partial charge in [0.25, 0.3) is 0 Å². The highest BCUT2D eigenvalue weighted by molar-refractivity contribution is 7.80. The summed E-state index contributed by atoms with van der Waals surface area (Å²) < 4.78 is 49.6. The Labute approximate surface area is 165 Å². The van der Waals surface area contributed by atoms with Crippen molar-refractivity contribution in [3.63, 3.8) is 0 Å². The third kappa shape index (κ3) is 5.49. The van der Waals surface area contributed by atoms with Gasteiger partial charge in [-0.25, -0.2) is 0 Å². The summed E-state index contributed by atoms with van der Waals surface area (Å²) in [6, 6.07) is 8.63. The van der Waals surface area contributed by atoms with Crippen molar-refractivity contribution in [1.29, 1.82) is 0 Å². The minimum absolute atomic E-state index is 0.0305. The van der Waals surface area contributed by atoms with E-state index in [9.17, 15) is 18.0 Å². The fraction of sp³-hybridized carbons (Fsp3) is 0.222. The number of amides is 1. The Morgan fingerprint density at radius 3 is 1.93 bits per heavy atom. The van der Waals surface area contributed by atoms with Crippen molar-refractivity contribution < 1.29 is 27.4 Å². The highest BCUT2D eigenvalue weighted by Gasteiger charge is 2.35. The second kappa shape index (κ2) is 8.79. The fourth-order valence-electron chi connectivity index (χ4n) is 2.34. The molecule has 2 aromatic carbocycles. The van der Waals surface area contributed by atoms with Crippen LogP contribution in [0.3, 0.4) is 0 Å². The van der Waals surface area contributed by atoms with E-state index < -0.39 is 11.7 Å². The number of benzene rings is 2. The van der Waals surface area contributed by atoms with E-state index in [-0.39, 0.29) is 28.2 Å². The third-order valence-electron chi connectivity index (χ3n) is 3.54. The molecule has 10 heteroatoms. The summed E-state index contributed by atoms with van der Waals surface area (Å²) in [5, 5.41) is 8.22. The zero-order valence-electron chi connectivity index (χ0n) is 15.2. The first-order valence-corrected chi connectivity index (χ1v) is 8.33. The van der Waals surface area contributed by atoms with Crippen molar-refractivity contribution in [3.8, 4) is 11.5 Å². The number of methoxy groups -OCH3 is 2. The molecule has 0 aliphatic carbocycles. The van der Waals surface area contributed by atoms with E-state index in [0.717, 1.165) is 19.2 Å². The summed E-state index contributed by atoms with van der Waals surface area (Å²) in [5.74, 6) is -0.428. The van der Waals surface area contributed by atoms with E-state index in [1.807, 2.05) is 0 Å². The lowest BCUT2D eigenvalue weighted by atomic mass is 10.1. The maximum absolute atomic E-state index is 13.2. The number of thiocarbonyl (C=S) groups is 1. The lowest BCUT2D eigenvalue weighted by Gasteiger charge is -2.18. The Hall–Kier alpha value is -3.01. The maximum Gasteiger partial charge on any atom is 0.420 e. The predicted octanol–water partition coefficient (Wildman–Crippen LogP) is 4.49. The van der Waals surface area contributed by atoms with Crippen LogP contribution in [0.2, 0.25) is 0 Å². The average molecular weight is 413 g/mol. The number of anilines is 3. The van der Waals surface area contributed by atoms with Crippen LogP contribution in [-0.2, 0) is 11.0 Å². The van der Waals surface area contributed by atoms with Crippen LogP contribution in [0.25, 0.3) is 0 Å². The number of rotatable bonds is 5. The van der Waals surface area contributed by atoms with Crippen LogP contribution in [0.4, 0.5) is 30.2 Å². The van der Waals surface area contributed by atoms with E-state index in [4.69, 9.17) is 21.7 Å². The zero-order chi connectivity index (χ0) is 20.9. The van der Waals surface area contributed by atoms with Gasteiger partial charge in [0.15, 0.2) is 5.11 Å². The number of halogens is 3. The molecule has 150 valence electrons. The molecule has 1 amide bonds. The van der Waals surface area contributed by atoms with Gasteiger partial charge < -0.3 is 25.4 Å². The normalized spacial score (nSPS) is 10.8. The van der Waals surface area contributed by atoms with Crippen LogP contribution in [0.15, 0.2) is 36.4 Å². The quantitative estimate of drug-likeness (QED) is 0.628. The van der Waals surface area contributed by atoms with Gasteiger partial charge in [-0.1, -0.05) is 0 Å². The molecular weight excluding hydrogens is 395 g/mol. The van der Waals surface area contributed by atoms with Crippen LogP contribution in [0, 0.1) is 0 Å². The molecule has 0 aliphatic heterocycles. The highest BCUT2D eigenvalue weighted by Crippen LogP contribution is 2.41. The molecule has 2 rings (SSSR count). The molecule has 6 nitrogen and oxygen atoms in total. The maximum atomic E-state index is 13.2. The Morgan fingerprint density at radius 1 is 0.929 bits per heavy atom. The first kappa shape index (κ1) is 21.3. The first-order chi connectivity index (χ1) is 13.1. The Kier molecular flexibility index (Phi) is 6.68. The van der Waals surface area contributed by atoms with Gasteiger partial charge in [-0.3, -0.25) is 4.79 Å². The zero-order valence-corrected chi connectivity index (χ0v) is 16.0. The van der Waals surface area contributed by atoms with Gasteiger partial charge in [0.1, 0.15) is 11.5 Å². The summed E-state index contributed by atoms with van der Waals surface area (Å²) in [6.45, 7) is 1.39. The third-order valence-corrected chi connectivity index (χ3v) is 3.74. The number of nitrogens with one attached hydrogen (secondary N) is 3. The minimum atomic E-state index is -4.61. The standard InChI is InChI=1S/C18H18F3N3O3S/c1-10(25)22-11-4-6-12(7-5-11)23-17(28)24-14-8-13(18(19,20)21)15(26-2)9-16(14)27-3/h4-9H,1-3H3,(H,22,25)(H2,23,24,28). The second-order valence-corrected chi connectivity index (χ2v) is 6.00. The largest absolute Gasteiger partial charge is 0.496 e. The minimum Gasteiger partial charge on any atom is -0.496 e. The van der Waals surface area contributed by atoms with Crippen LogP contribution < -0.4 is 25.4 Å². The van der Waals surface area contributed by atoms with Crippen LogP contribution in [0.5, 0.6) is 11.5 Å². The van der Waals surface area contributed by atoms with Gasteiger partial charge in [0, 0.05) is 24.4 Å². The molecule has 28 heavy (non-hydrogen) atoms. The summed E-state index contributed by atoms with van der Waals surface area (Å²) in [5.41, 5.74) is 0.252. The molecule has 0 saturated heterocycles. The lowest BCUT2D eigenvalue weighted by Crippen LogP contribution is -2.20. The van der Waals surface area contributed by atoms with Crippen LogP contribution in [0.1, 0.15) is 12.5 Å². The Bertz CT molecular complexity index is 871. The number of ether oxygens (including phenoxy) is 2. The monoisotopic (exact) mass is 413 g/mol. The molecular formula is C18H18F3N3O3S. The molecule has 0 spiro atoms. The molecule has 0 heterocycles. The predicted molar refractivity (Wildman–Crippen MR) is 105 cm³/mol. The molecule has 0 saturated carbocycles. The molecule has 0 bridgehead atoms. The topological polar surface area (TPSA) is 71.6 Å². The number of carbonyl (C=O) groups is 1. The van der Waals surface area contributed by atoms with Gasteiger partial charge in [0.2, 0.25) is 5.91 Å². The fourth-order valence-corrected chi connectivity index (χ4v) is 2.57. The van der Waals surface area contributed by atoms with Crippen molar-refractivity contribution in [2.24, 2.45) is 0 Å². The number of alkyl halides is 3. The second-order valence-electron chi connectivity index (χ2n) is 5.59. The van der Waals surface area contributed by atoms with Gasteiger partial charge in [0.05, 0.1) is 25.5 Å². The van der Waals surface area contributed by atoms with Gasteiger partial charge >= 0.3 is 6.18 Å². The van der Waals surface area contributed by atoms with E-state index >= 15 is 0 Å². The molecule has 0 radical (unpaired) electrons. The number of carbonyl (C=O) groups excluding carboxylic acids is 1. The van der Waals surface area contributed by atoms with Gasteiger partial charge in [-0.05, 0) is 42.5 Å². The van der Waals surface area contributed by atoms with E-state index in [1.54, 1.807) is 24.3 Å². The molecule has 0 aromatic heterocycles. The van der Waals surface area contributed by atoms with E-state index in [0.29, 0.717) is 11.4 Å². The van der Waals surface area contributed by atoms with E-state index in [1.165, 1.54) is 14.0 Å². The molecule has 0 aliphatic rings. The number of hydrogen-bond acceptors (Lipinski definition) is 4. The van der Waals surface area contributed by atoms with Crippen LogP contribution >= 0.6 is 12.2 Å². The SMILES string of the molecule is COc1cc(OC)c(C(F)(F)F)cc1NC(=S)Nc1ccc(NC(C)=O)cc1. The Morgan fingerprint density at radius 2 is 1.46 bits per heavy atom. The van der Waals surface area contributed by atoms with Crippen molar-refractivity contribution in [1.82, 2.24) is 0 Å². The smallest absolute Gasteiger partial charge is 0.420 e. The summed E-state index contributed by atoms with van der Waals surface area (Å²) in [4.78, 5) is 11.0. The molecule has 0 fully saturated rings. The first-order valence-electron chi connectivity index (χ1n) is 7.93. The van der Waals surface area contributed by atoms with Crippen molar-refractivity contribution >= 4 is 40.3 Å². The van der Waals surface area contributed by atoms with Gasteiger partial charge in [-0.2, -0.15) is 13.2 Å². The summed E-state index contributed by atoms with van der Waals surface area (Å²) in [7, 11) is 2.47. The average Bonchev–Trinajstić information content (AvgIpc) is 2.61. The van der Waals surface area contributed by atoms with Gasteiger partial charge in [-0.15, -0.1) is 0 Å². The summed E-state index contributed by atoms with van der Waals surface area (Å²) >= 11 is 5.17. The molecule has 0 atom stereocenters. The summed E-state index contributed by atoms with van der Waals surface area (Å²) in [6.07, 6.45) is -4.61. The number of hydrogen-bond donors (Lipinski definition) is 3. The molecule has 0 unspecified atom stereocenters. The lowest BCUT2D eigenvalue weighted by molar-refractivity contribution is -0.138. The molecule has 2 aromatic rings. The van der Waals surface area contributed by atoms with Crippen LogP contribution in [-0.4, -0.2) is 25.2 Å². The highest BCUT2D eigenvalue weighted by atomic mass is 32.1. The molecule has 3 N–H and O–H groups in total.